The quantitative estimate of drug-likeness (QED) is 0.248. The van der Waals surface area contributed by atoms with E-state index in [9.17, 15) is 0 Å². The zero-order chi connectivity index (χ0) is 16.9. The van der Waals surface area contributed by atoms with E-state index in [4.69, 9.17) is 14.2 Å². The van der Waals surface area contributed by atoms with E-state index in [0.717, 1.165) is 17.3 Å². The number of methoxy groups -OCH3 is 1. The first-order valence-corrected chi connectivity index (χ1v) is 7.94. The Morgan fingerprint density at radius 3 is 2.62 bits per heavy atom. The predicted molar refractivity (Wildman–Crippen MR) is 109 cm³/mol. The molecule has 0 bridgehead atoms. The molecule has 1 aromatic carbocycles. The maximum absolute atomic E-state index is 5.84. The normalized spacial score (nSPS) is 10.9. The summed E-state index contributed by atoms with van der Waals surface area (Å²) in [5.41, 5.74) is 2.25. The molecule has 6 nitrogen and oxygen atoms in total. The third-order valence-electron chi connectivity index (χ3n) is 3.18. The van der Waals surface area contributed by atoms with Crippen molar-refractivity contribution in [3.63, 3.8) is 0 Å². The largest absolute Gasteiger partial charge is 0.491 e. The van der Waals surface area contributed by atoms with Gasteiger partial charge in [0.15, 0.2) is 5.96 Å². The van der Waals surface area contributed by atoms with Crippen LogP contribution < -0.4 is 15.4 Å². The molecule has 24 heavy (non-hydrogen) atoms. The Hall–Kier alpha value is -1.06. The molecule has 0 atom stereocenters. The second kappa shape index (κ2) is 14.3. The van der Waals surface area contributed by atoms with Gasteiger partial charge in [-0.25, -0.2) is 0 Å². The van der Waals surface area contributed by atoms with Gasteiger partial charge >= 0.3 is 0 Å². The van der Waals surface area contributed by atoms with Gasteiger partial charge in [-0.05, 0) is 25.5 Å². The van der Waals surface area contributed by atoms with E-state index < -0.39 is 0 Å². The van der Waals surface area contributed by atoms with Crippen LogP contribution in [0.25, 0.3) is 0 Å². The first-order chi connectivity index (χ1) is 11.2. The number of nitrogens with one attached hydrogen (secondary N) is 2. The molecule has 0 radical (unpaired) electrons. The lowest BCUT2D eigenvalue weighted by atomic mass is 10.1. The van der Waals surface area contributed by atoms with Crippen molar-refractivity contribution in [2.75, 3.05) is 47.1 Å². The summed E-state index contributed by atoms with van der Waals surface area (Å²) in [5, 5.41) is 6.46. The van der Waals surface area contributed by atoms with Crippen LogP contribution in [0.5, 0.6) is 5.75 Å². The fourth-order valence-electron chi connectivity index (χ4n) is 1.97. The summed E-state index contributed by atoms with van der Waals surface area (Å²) in [4.78, 5) is 4.19. The molecular weight excluding hydrogens is 421 g/mol. The number of aliphatic imine (C=N–C) groups is 1. The van der Waals surface area contributed by atoms with Crippen molar-refractivity contribution >= 4 is 29.9 Å². The minimum absolute atomic E-state index is 0. The van der Waals surface area contributed by atoms with Gasteiger partial charge in [0.2, 0.25) is 0 Å². The van der Waals surface area contributed by atoms with Crippen molar-refractivity contribution in [2.24, 2.45) is 4.99 Å². The van der Waals surface area contributed by atoms with Gasteiger partial charge in [0.05, 0.1) is 13.2 Å². The highest BCUT2D eigenvalue weighted by Gasteiger charge is 2.06. The van der Waals surface area contributed by atoms with Gasteiger partial charge in [0.25, 0.3) is 0 Å². The molecular formula is C17H30IN3O3. The molecule has 2 N–H and O–H groups in total. The molecule has 0 saturated heterocycles. The second-order valence-electron chi connectivity index (χ2n) is 5.00. The summed E-state index contributed by atoms with van der Waals surface area (Å²) in [7, 11) is 3.42. The SMILES string of the molecule is CCOCCOc1cc(C)ccc1CNC(=NC)NCCOC.I. The van der Waals surface area contributed by atoms with Crippen LogP contribution in [0, 0.1) is 6.92 Å². The molecule has 138 valence electrons. The van der Waals surface area contributed by atoms with E-state index in [1.54, 1.807) is 14.2 Å². The van der Waals surface area contributed by atoms with Gasteiger partial charge in [-0.15, -0.1) is 24.0 Å². The Labute approximate surface area is 162 Å². The second-order valence-corrected chi connectivity index (χ2v) is 5.00. The highest BCUT2D eigenvalue weighted by atomic mass is 127. The molecule has 0 fully saturated rings. The Kier molecular flexibility index (Phi) is 13.7. The number of hydrogen-bond acceptors (Lipinski definition) is 4. The summed E-state index contributed by atoms with van der Waals surface area (Å²) in [6.07, 6.45) is 0. The zero-order valence-electron chi connectivity index (χ0n) is 15.1. The van der Waals surface area contributed by atoms with Gasteiger partial charge in [0.1, 0.15) is 12.4 Å². The van der Waals surface area contributed by atoms with Gasteiger partial charge in [-0.3, -0.25) is 4.99 Å². The van der Waals surface area contributed by atoms with Crippen LogP contribution in [0.3, 0.4) is 0 Å². The number of nitrogens with zero attached hydrogens (tertiary/aromatic N) is 1. The van der Waals surface area contributed by atoms with Crippen LogP contribution in [0.1, 0.15) is 18.1 Å². The molecule has 1 aromatic rings. The van der Waals surface area contributed by atoms with Crippen LogP contribution in [0.15, 0.2) is 23.2 Å². The Balaban J connectivity index is 0.00000529. The number of hydrogen-bond donors (Lipinski definition) is 2. The zero-order valence-corrected chi connectivity index (χ0v) is 17.4. The molecule has 0 amide bonds. The summed E-state index contributed by atoms with van der Waals surface area (Å²) in [5.74, 6) is 1.62. The van der Waals surface area contributed by atoms with Crippen LogP contribution in [0.4, 0.5) is 0 Å². The number of guanidine groups is 1. The van der Waals surface area contributed by atoms with Crippen LogP contribution >= 0.6 is 24.0 Å². The van der Waals surface area contributed by atoms with Crippen molar-refractivity contribution in [2.45, 2.75) is 20.4 Å². The lowest BCUT2D eigenvalue weighted by Gasteiger charge is -2.15. The van der Waals surface area contributed by atoms with Crippen LogP contribution in [-0.2, 0) is 16.0 Å². The van der Waals surface area contributed by atoms with E-state index in [0.29, 0.717) is 39.5 Å². The molecule has 0 spiro atoms. The van der Waals surface area contributed by atoms with E-state index in [-0.39, 0.29) is 24.0 Å². The summed E-state index contributed by atoms with van der Waals surface area (Å²) < 4.78 is 16.2. The van der Waals surface area contributed by atoms with E-state index in [1.165, 1.54) is 5.56 Å². The fraction of sp³-hybridized carbons (Fsp3) is 0.588. The average Bonchev–Trinajstić information content (AvgIpc) is 2.56. The van der Waals surface area contributed by atoms with Gasteiger partial charge in [-0.2, -0.15) is 0 Å². The first kappa shape index (κ1) is 22.9. The maximum atomic E-state index is 5.84. The molecule has 0 aliphatic heterocycles. The first-order valence-electron chi connectivity index (χ1n) is 7.94. The fourth-order valence-corrected chi connectivity index (χ4v) is 1.97. The lowest BCUT2D eigenvalue weighted by Crippen LogP contribution is -2.38. The van der Waals surface area contributed by atoms with E-state index >= 15 is 0 Å². The van der Waals surface area contributed by atoms with Crippen molar-refractivity contribution in [3.05, 3.63) is 29.3 Å². The smallest absolute Gasteiger partial charge is 0.191 e. The number of ether oxygens (including phenoxy) is 3. The minimum Gasteiger partial charge on any atom is -0.491 e. The molecule has 1 rings (SSSR count). The number of benzene rings is 1. The molecule has 0 aliphatic carbocycles. The highest BCUT2D eigenvalue weighted by Crippen LogP contribution is 2.20. The van der Waals surface area contributed by atoms with E-state index in [1.807, 2.05) is 13.0 Å². The van der Waals surface area contributed by atoms with Crippen molar-refractivity contribution in [1.82, 2.24) is 10.6 Å². The third kappa shape index (κ3) is 9.29. The minimum atomic E-state index is 0. The summed E-state index contributed by atoms with van der Waals surface area (Å²) >= 11 is 0. The Morgan fingerprint density at radius 1 is 1.17 bits per heavy atom. The standard InChI is InChI=1S/C17H29N3O3.HI/c1-5-22-10-11-23-16-12-14(2)6-7-15(16)13-20-17(18-3)19-8-9-21-4;/h6-7,12H,5,8-11,13H2,1-4H3,(H2,18,19,20);1H. The van der Waals surface area contributed by atoms with Crippen molar-refractivity contribution < 1.29 is 14.2 Å². The van der Waals surface area contributed by atoms with Crippen LogP contribution in [0.2, 0.25) is 0 Å². The molecule has 0 unspecified atom stereocenters. The Bertz CT molecular complexity index is 484. The maximum Gasteiger partial charge on any atom is 0.191 e. The molecule has 0 heterocycles. The molecule has 7 heteroatoms. The molecule has 0 aromatic heterocycles. The van der Waals surface area contributed by atoms with Gasteiger partial charge < -0.3 is 24.8 Å². The number of aryl methyl sites for hydroxylation is 1. The van der Waals surface area contributed by atoms with Gasteiger partial charge in [-0.1, -0.05) is 12.1 Å². The molecule has 0 aliphatic rings. The number of halogens is 1. The lowest BCUT2D eigenvalue weighted by molar-refractivity contribution is 0.110. The van der Waals surface area contributed by atoms with E-state index in [2.05, 4.69) is 34.7 Å². The van der Waals surface area contributed by atoms with Crippen molar-refractivity contribution in [1.29, 1.82) is 0 Å². The van der Waals surface area contributed by atoms with Gasteiger partial charge in [0, 0.05) is 39.4 Å². The van der Waals surface area contributed by atoms with Crippen LogP contribution in [-0.4, -0.2) is 53.1 Å². The number of rotatable bonds is 10. The molecule has 0 saturated carbocycles. The predicted octanol–water partition coefficient (Wildman–Crippen LogP) is 2.34. The Morgan fingerprint density at radius 2 is 1.96 bits per heavy atom. The monoisotopic (exact) mass is 451 g/mol. The topological polar surface area (TPSA) is 64.1 Å². The van der Waals surface area contributed by atoms with Crippen molar-refractivity contribution in [3.8, 4) is 5.75 Å². The average molecular weight is 451 g/mol. The highest BCUT2D eigenvalue weighted by molar-refractivity contribution is 14.0. The third-order valence-corrected chi connectivity index (χ3v) is 3.18. The summed E-state index contributed by atoms with van der Waals surface area (Å²) in [6, 6.07) is 6.19. The summed E-state index contributed by atoms with van der Waals surface area (Å²) in [6.45, 7) is 7.86.